The molecular weight excluding hydrogens is 538 g/mol. The van der Waals surface area contributed by atoms with E-state index >= 15 is 0 Å². The SMILES string of the molecule is O=C(NCc1ccc(F)c(OC(F)F)c1)c1cc(C(=O)NCC23C4C5C2C2C3C4C52C(=O)O)n2ncc(F)c2n1. The summed E-state index contributed by atoms with van der Waals surface area (Å²) < 4.78 is 58.2. The third-order valence-electron chi connectivity index (χ3n) is 10.3. The molecule has 0 atom stereocenters. The summed E-state index contributed by atoms with van der Waals surface area (Å²) in [5.74, 6) is -3.00. The number of alkyl halides is 2. The van der Waals surface area contributed by atoms with Gasteiger partial charge >= 0.3 is 12.6 Å². The second-order valence-corrected chi connectivity index (χ2v) is 11.3. The van der Waals surface area contributed by atoms with E-state index in [9.17, 15) is 37.1 Å². The predicted molar refractivity (Wildman–Crippen MR) is 123 cm³/mol. The lowest BCUT2D eigenvalue weighted by Crippen LogP contribution is -3.11. The van der Waals surface area contributed by atoms with E-state index in [1.165, 1.54) is 12.1 Å². The summed E-state index contributed by atoms with van der Waals surface area (Å²) in [5, 5.41) is 18.9. The van der Waals surface area contributed by atoms with Crippen LogP contribution in [0.5, 0.6) is 5.75 Å². The van der Waals surface area contributed by atoms with Gasteiger partial charge in [0.15, 0.2) is 23.0 Å². The Bertz CT molecular complexity index is 1640. The Labute approximate surface area is 221 Å². The van der Waals surface area contributed by atoms with Crippen molar-refractivity contribution in [2.24, 2.45) is 46.3 Å². The molecule has 1 aromatic carbocycles. The van der Waals surface area contributed by atoms with Crippen molar-refractivity contribution >= 4 is 23.4 Å². The molecule has 0 aliphatic heterocycles. The third kappa shape index (κ3) is 2.41. The van der Waals surface area contributed by atoms with Gasteiger partial charge in [-0.1, -0.05) is 6.07 Å². The zero-order valence-electron chi connectivity index (χ0n) is 20.3. The van der Waals surface area contributed by atoms with E-state index in [2.05, 4.69) is 25.5 Å². The van der Waals surface area contributed by atoms with Gasteiger partial charge in [-0.25, -0.2) is 18.3 Å². The van der Waals surface area contributed by atoms with Crippen LogP contribution < -0.4 is 15.4 Å². The van der Waals surface area contributed by atoms with E-state index in [4.69, 9.17) is 0 Å². The van der Waals surface area contributed by atoms with Crippen LogP contribution in [-0.4, -0.2) is 50.6 Å². The molecular formula is C26H19F4N5O5. The maximum Gasteiger partial charge on any atom is 0.387 e. The summed E-state index contributed by atoms with van der Waals surface area (Å²) in [5.41, 5.74) is -1.07. The maximum atomic E-state index is 14.4. The minimum atomic E-state index is -3.23. The number of benzene rings is 1. The summed E-state index contributed by atoms with van der Waals surface area (Å²) >= 11 is 0. The lowest BCUT2D eigenvalue weighted by molar-refractivity contribution is -0.640. The molecule has 14 heteroatoms. The van der Waals surface area contributed by atoms with Gasteiger partial charge in [0.2, 0.25) is 0 Å². The first kappa shape index (κ1) is 23.6. The highest BCUT2D eigenvalue weighted by Gasteiger charge is 3.11. The van der Waals surface area contributed by atoms with Gasteiger partial charge in [-0.15, -0.1) is 0 Å². The molecule has 2 heterocycles. The predicted octanol–water partition coefficient (Wildman–Crippen LogP) is 2.09. The van der Waals surface area contributed by atoms with Crippen LogP contribution >= 0.6 is 0 Å². The molecule has 3 N–H and O–H groups in total. The molecule has 10 nitrogen and oxygen atoms in total. The van der Waals surface area contributed by atoms with E-state index in [1.807, 2.05) is 0 Å². The Balaban J connectivity index is 0.984. The van der Waals surface area contributed by atoms with E-state index in [0.29, 0.717) is 24.3 Å². The number of fused-ring (bicyclic) bond motifs is 1. The maximum absolute atomic E-state index is 14.4. The van der Waals surface area contributed by atoms with Gasteiger partial charge in [-0.05, 0) is 58.6 Å². The van der Waals surface area contributed by atoms with Gasteiger partial charge in [0.05, 0.1) is 11.6 Å². The molecule has 0 bridgehead atoms. The fraction of sp³-hybridized carbons (Fsp3) is 0.423. The number of aliphatic carboxylic acids is 1. The van der Waals surface area contributed by atoms with Crippen LogP contribution in [0, 0.1) is 58.0 Å². The number of hydrogen-bond acceptors (Lipinski definition) is 6. The molecule has 0 unspecified atom stereocenters. The van der Waals surface area contributed by atoms with Crippen LogP contribution in [0.15, 0.2) is 30.5 Å². The van der Waals surface area contributed by atoms with Gasteiger partial charge in [0.25, 0.3) is 11.8 Å². The first-order chi connectivity index (χ1) is 19.1. The van der Waals surface area contributed by atoms with Crippen molar-refractivity contribution in [3.8, 4) is 5.75 Å². The number of ether oxygens (including phenoxy) is 1. The second kappa shape index (κ2) is 7.29. The molecule has 3 aromatic rings. The number of nitrogens with zero attached hydrogens (tertiary/aromatic N) is 3. The highest BCUT2D eigenvalue weighted by Crippen LogP contribution is 3.10. The highest BCUT2D eigenvalue weighted by molar-refractivity contribution is 5.98. The van der Waals surface area contributed by atoms with Gasteiger partial charge in [-0.2, -0.15) is 13.9 Å². The minimum Gasteiger partial charge on any atom is -0.481 e. The minimum absolute atomic E-state index is 0.0589. The molecule has 0 radical (unpaired) electrons. The average molecular weight is 557 g/mol. The molecule has 206 valence electrons. The lowest BCUT2D eigenvalue weighted by Gasteiger charge is -3.10. The topological polar surface area (TPSA) is 135 Å². The number of amides is 2. The van der Waals surface area contributed by atoms with Crippen molar-refractivity contribution < 1.29 is 41.8 Å². The average Bonchev–Trinajstić information content (AvgIpc) is 3.31. The van der Waals surface area contributed by atoms with Crippen LogP contribution in [0.2, 0.25) is 0 Å². The number of carbonyl (C=O) groups is 3. The first-order valence-corrected chi connectivity index (χ1v) is 12.7. The number of rotatable bonds is 9. The Morgan fingerprint density at radius 2 is 1.70 bits per heavy atom. The molecule has 40 heavy (non-hydrogen) atoms. The number of hydrogen-bond donors (Lipinski definition) is 3. The van der Waals surface area contributed by atoms with Crippen molar-refractivity contribution in [2.45, 2.75) is 13.2 Å². The fourth-order valence-corrected chi connectivity index (χ4v) is 9.19. The van der Waals surface area contributed by atoms with Gasteiger partial charge in [0, 0.05) is 19.2 Å². The first-order valence-electron chi connectivity index (χ1n) is 12.7. The lowest BCUT2D eigenvalue weighted by atomic mass is 8.92. The molecule has 6 fully saturated rings. The van der Waals surface area contributed by atoms with Crippen LogP contribution in [0.4, 0.5) is 17.6 Å². The second-order valence-electron chi connectivity index (χ2n) is 11.3. The summed E-state index contributed by atoms with van der Waals surface area (Å²) in [6.45, 7) is -3.08. The Hall–Kier alpha value is -4.23. The highest BCUT2D eigenvalue weighted by atomic mass is 19.3. The Kier molecular flexibility index (Phi) is 4.31. The van der Waals surface area contributed by atoms with Crippen molar-refractivity contribution in [1.82, 2.24) is 25.2 Å². The van der Waals surface area contributed by atoms with E-state index in [1.54, 1.807) is 0 Å². The molecule has 6 saturated carbocycles. The van der Waals surface area contributed by atoms with Crippen LogP contribution in [0.3, 0.4) is 0 Å². The molecule has 6 aliphatic carbocycles. The summed E-state index contributed by atoms with van der Waals surface area (Å²) in [4.78, 5) is 41.8. The van der Waals surface area contributed by atoms with Crippen molar-refractivity contribution in [2.75, 3.05) is 6.54 Å². The standard InChI is InChI=1S/C26H19F4N5O5/c27-9-2-1-8(3-13(9)40-24(29)30)5-31-21(36)11-4-12(35-20(34-11)10(28)6-33-35)22(37)32-7-25-14-17-15(25)19-16(25)18(14)26(17,19)23(38)39/h1-4,6,14-19,24H,5,7H2,(H,31,36)(H,32,37)(H,38,39). The molecule has 0 saturated heterocycles. The third-order valence-corrected chi connectivity index (χ3v) is 10.3. The largest absolute Gasteiger partial charge is 0.481 e. The molecule has 2 aromatic heterocycles. The van der Waals surface area contributed by atoms with E-state index < -0.39 is 47.2 Å². The quantitative estimate of drug-likeness (QED) is 0.343. The number of carboxylic acids is 1. The normalized spacial score (nSPS) is 34.5. The zero-order chi connectivity index (χ0) is 27.9. The fourth-order valence-electron chi connectivity index (χ4n) is 9.19. The van der Waals surface area contributed by atoms with Crippen LogP contribution in [0.1, 0.15) is 26.5 Å². The number of aromatic nitrogens is 3. The summed E-state index contributed by atoms with van der Waals surface area (Å²) in [6, 6.07) is 4.36. The van der Waals surface area contributed by atoms with Gasteiger partial charge in [0.1, 0.15) is 11.4 Å². The molecule has 9 rings (SSSR count). The van der Waals surface area contributed by atoms with Crippen molar-refractivity contribution in [1.29, 1.82) is 0 Å². The van der Waals surface area contributed by atoms with E-state index in [0.717, 1.165) is 22.8 Å². The number of carboxylic acid groups (broad SMARTS) is 1. The number of halogens is 4. The number of carbonyl (C=O) groups excluding carboxylic acids is 2. The zero-order valence-corrected chi connectivity index (χ0v) is 20.3. The van der Waals surface area contributed by atoms with Gasteiger partial charge < -0.3 is 20.5 Å². The number of nitrogens with one attached hydrogen (secondary N) is 2. The van der Waals surface area contributed by atoms with Crippen molar-refractivity contribution in [3.05, 3.63) is 59.0 Å². The van der Waals surface area contributed by atoms with E-state index in [-0.39, 0.29) is 52.3 Å². The molecule has 2 amide bonds. The summed E-state index contributed by atoms with van der Waals surface area (Å²) in [6.07, 6.45) is 0.869. The molecule has 6 aliphatic rings. The van der Waals surface area contributed by atoms with Crippen LogP contribution in [0.25, 0.3) is 5.65 Å². The Morgan fingerprint density at radius 3 is 2.35 bits per heavy atom. The molecule has 0 spiro atoms. The van der Waals surface area contributed by atoms with Crippen LogP contribution in [-0.2, 0) is 11.3 Å². The smallest absolute Gasteiger partial charge is 0.387 e. The monoisotopic (exact) mass is 557 g/mol. The van der Waals surface area contributed by atoms with Gasteiger partial charge in [-0.3, -0.25) is 14.4 Å². The van der Waals surface area contributed by atoms with Crippen molar-refractivity contribution in [3.63, 3.8) is 0 Å². The summed E-state index contributed by atoms with van der Waals surface area (Å²) in [7, 11) is 0. The Morgan fingerprint density at radius 1 is 1.00 bits per heavy atom.